The van der Waals surface area contributed by atoms with Crippen LogP contribution in [0.15, 0.2) is 188 Å². The average molecular weight is 746 g/mol. The molecule has 0 fully saturated rings. The predicted octanol–water partition coefficient (Wildman–Crippen LogP) is 13.4. The molecule has 4 aromatic heterocycles. The van der Waals surface area contributed by atoms with Crippen LogP contribution in [0.5, 0.6) is 0 Å². The Balaban J connectivity index is 1.19. The van der Waals surface area contributed by atoms with Gasteiger partial charge >= 0.3 is 0 Å². The molecule has 0 bridgehead atoms. The van der Waals surface area contributed by atoms with Gasteiger partial charge in [0.15, 0.2) is 11.6 Å². The van der Waals surface area contributed by atoms with Gasteiger partial charge in [-0.25, -0.2) is 4.98 Å². The summed E-state index contributed by atoms with van der Waals surface area (Å²) in [4.78, 5) is 15.9. The summed E-state index contributed by atoms with van der Waals surface area (Å²) in [7, 11) is 0. The largest absolute Gasteiger partial charge is 0.307 e. The van der Waals surface area contributed by atoms with Crippen molar-refractivity contribution in [3.8, 4) is 45.5 Å². The number of thiophene rings is 1. The third-order valence-corrected chi connectivity index (χ3v) is 12.3. The molecule has 4 heterocycles. The van der Waals surface area contributed by atoms with Gasteiger partial charge in [-0.05, 0) is 59.7 Å². The highest BCUT2D eigenvalue weighted by Gasteiger charge is 2.24. The quantitative estimate of drug-likeness (QED) is 0.176. The number of aromatic nitrogens is 5. The van der Waals surface area contributed by atoms with Gasteiger partial charge in [-0.15, -0.1) is 11.3 Å². The minimum Gasteiger partial charge on any atom is -0.307 e. The zero-order valence-corrected chi connectivity index (χ0v) is 31.4. The van der Waals surface area contributed by atoms with Gasteiger partial charge < -0.3 is 4.57 Å². The molecule has 0 aliphatic heterocycles. The van der Waals surface area contributed by atoms with Crippen molar-refractivity contribution in [3.05, 3.63) is 188 Å². The van der Waals surface area contributed by atoms with Crippen LogP contribution in [0.25, 0.3) is 109 Å². The van der Waals surface area contributed by atoms with Crippen molar-refractivity contribution in [3.63, 3.8) is 0 Å². The Labute approximate surface area is 331 Å². The number of hydrogen-bond acceptors (Lipinski definition) is 4. The van der Waals surface area contributed by atoms with E-state index in [4.69, 9.17) is 15.0 Å². The molecule has 266 valence electrons. The predicted molar refractivity (Wildman–Crippen MR) is 238 cm³/mol. The zero-order chi connectivity index (χ0) is 37.5. The monoisotopic (exact) mass is 745 g/mol. The minimum absolute atomic E-state index is 0.572. The molecule has 5 nitrogen and oxygen atoms in total. The average Bonchev–Trinajstić information content (AvgIpc) is 3.94. The van der Waals surface area contributed by atoms with Gasteiger partial charge in [-0.3, -0.25) is 4.57 Å². The molecule has 57 heavy (non-hydrogen) atoms. The van der Waals surface area contributed by atoms with E-state index in [0.717, 1.165) is 55.2 Å². The first-order valence-corrected chi connectivity index (χ1v) is 19.9. The first-order valence-electron chi connectivity index (χ1n) is 19.1. The summed E-state index contributed by atoms with van der Waals surface area (Å²) >= 11 is 1.81. The van der Waals surface area contributed by atoms with Crippen LogP contribution < -0.4 is 0 Å². The Morgan fingerprint density at radius 1 is 0.333 bits per heavy atom. The molecule has 0 saturated carbocycles. The van der Waals surface area contributed by atoms with Gasteiger partial charge in [-0.1, -0.05) is 140 Å². The smallest absolute Gasteiger partial charge is 0.238 e. The van der Waals surface area contributed by atoms with E-state index >= 15 is 0 Å². The van der Waals surface area contributed by atoms with Crippen molar-refractivity contribution >= 4 is 75.1 Å². The van der Waals surface area contributed by atoms with Gasteiger partial charge in [0, 0.05) is 58.5 Å². The van der Waals surface area contributed by atoms with E-state index in [1.54, 1.807) is 0 Å². The molecular formula is C51H31N5S. The van der Waals surface area contributed by atoms with E-state index in [0.29, 0.717) is 17.6 Å². The second-order valence-electron chi connectivity index (χ2n) is 14.4. The minimum atomic E-state index is 0.572. The fourth-order valence-corrected chi connectivity index (χ4v) is 9.69. The molecular weight excluding hydrogens is 715 g/mol. The van der Waals surface area contributed by atoms with Gasteiger partial charge in [0.05, 0.1) is 22.1 Å². The maximum atomic E-state index is 5.39. The normalized spacial score (nSPS) is 11.9. The number of benzene rings is 8. The van der Waals surface area contributed by atoms with Crippen LogP contribution in [-0.4, -0.2) is 24.1 Å². The van der Waals surface area contributed by atoms with Crippen molar-refractivity contribution in [2.75, 3.05) is 0 Å². The highest BCUT2D eigenvalue weighted by Crippen LogP contribution is 2.42. The van der Waals surface area contributed by atoms with Gasteiger partial charge in [0.2, 0.25) is 5.95 Å². The molecule has 0 unspecified atom stereocenters. The lowest BCUT2D eigenvalue weighted by Gasteiger charge is -2.14. The maximum absolute atomic E-state index is 5.39. The lowest BCUT2D eigenvalue weighted by Crippen LogP contribution is -2.07. The Kier molecular flexibility index (Phi) is 7.03. The highest BCUT2D eigenvalue weighted by atomic mass is 32.1. The summed E-state index contributed by atoms with van der Waals surface area (Å²) in [5.74, 6) is 1.83. The van der Waals surface area contributed by atoms with Crippen LogP contribution in [0.1, 0.15) is 0 Å². The van der Waals surface area contributed by atoms with E-state index < -0.39 is 0 Å². The van der Waals surface area contributed by atoms with Gasteiger partial charge in [-0.2, -0.15) is 9.97 Å². The molecule has 0 atom stereocenters. The summed E-state index contributed by atoms with van der Waals surface area (Å²) < 4.78 is 7.20. The van der Waals surface area contributed by atoms with Gasteiger partial charge in [0.1, 0.15) is 0 Å². The fraction of sp³-hybridized carbons (Fsp3) is 0. The molecule has 0 radical (unpaired) electrons. The standard InChI is InChI=1S/C51H31N5S/c1-3-14-32(15-4-1)34-18-13-19-36(30-34)55-43-23-10-7-20-37(43)40-27-28-41-38-21-8-11-24-44(38)56(48(41)47(40)55)51-53-49(33-16-5-2-6-17-33)52-50(54-51)35-26-29-46-42(31-35)39-22-9-12-25-45(39)57-46/h1-31H. The Morgan fingerprint density at radius 3 is 1.63 bits per heavy atom. The maximum Gasteiger partial charge on any atom is 0.238 e. The fourth-order valence-electron chi connectivity index (χ4n) is 8.61. The van der Waals surface area contributed by atoms with Crippen molar-refractivity contribution in [2.45, 2.75) is 0 Å². The molecule has 8 aromatic carbocycles. The van der Waals surface area contributed by atoms with Crippen LogP contribution in [0.4, 0.5) is 0 Å². The Morgan fingerprint density at radius 2 is 0.895 bits per heavy atom. The first-order chi connectivity index (χ1) is 28.3. The molecule has 0 saturated heterocycles. The van der Waals surface area contributed by atoms with Crippen LogP contribution in [0, 0.1) is 0 Å². The molecule has 0 aliphatic carbocycles. The third-order valence-electron chi connectivity index (χ3n) is 11.2. The van der Waals surface area contributed by atoms with Crippen LogP contribution in [0.2, 0.25) is 0 Å². The summed E-state index contributed by atoms with van der Waals surface area (Å²) in [6.07, 6.45) is 0. The Bertz CT molecular complexity index is 3520. The van der Waals surface area contributed by atoms with E-state index in [2.05, 4.69) is 179 Å². The Hall–Kier alpha value is -7.41. The number of hydrogen-bond donors (Lipinski definition) is 0. The summed E-state index contributed by atoms with van der Waals surface area (Å²) in [5, 5.41) is 7.07. The summed E-state index contributed by atoms with van der Waals surface area (Å²) in [6, 6.07) is 66.7. The molecule has 0 amide bonds. The van der Waals surface area contributed by atoms with E-state index in [1.807, 2.05) is 29.5 Å². The van der Waals surface area contributed by atoms with Gasteiger partial charge in [0.25, 0.3) is 0 Å². The molecule has 12 aromatic rings. The van der Waals surface area contributed by atoms with Crippen molar-refractivity contribution in [1.82, 2.24) is 24.1 Å². The number of para-hydroxylation sites is 2. The van der Waals surface area contributed by atoms with Crippen molar-refractivity contribution in [1.29, 1.82) is 0 Å². The molecule has 0 N–H and O–H groups in total. The SMILES string of the molecule is c1ccc(-c2cccc(-n3c4ccccc4c4ccc5c6ccccc6n(-c6nc(-c7ccccc7)nc(-c7ccc8sc9ccccc9c8c7)n6)c5c43)c2)cc1. The lowest BCUT2D eigenvalue weighted by atomic mass is 10.1. The second-order valence-corrected chi connectivity index (χ2v) is 15.5. The van der Waals surface area contributed by atoms with Crippen molar-refractivity contribution < 1.29 is 0 Å². The number of fused-ring (bicyclic) bond motifs is 10. The molecule has 0 aliphatic rings. The summed E-state index contributed by atoms with van der Waals surface area (Å²) in [5.41, 5.74) is 9.63. The lowest BCUT2D eigenvalue weighted by molar-refractivity contribution is 0.953. The van der Waals surface area contributed by atoms with E-state index in [1.165, 1.54) is 36.5 Å². The molecule has 6 heteroatoms. The van der Waals surface area contributed by atoms with Crippen LogP contribution in [0.3, 0.4) is 0 Å². The number of rotatable bonds is 5. The van der Waals surface area contributed by atoms with Crippen molar-refractivity contribution in [2.24, 2.45) is 0 Å². The third kappa shape index (κ3) is 4.98. The van der Waals surface area contributed by atoms with E-state index in [-0.39, 0.29) is 0 Å². The zero-order valence-electron chi connectivity index (χ0n) is 30.5. The topological polar surface area (TPSA) is 48.5 Å². The van der Waals surface area contributed by atoms with Crippen LogP contribution >= 0.6 is 11.3 Å². The summed E-state index contributed by atoms with van der Waals surface area (Å²) in [6.45, 7) is 0. The van der Waals surface area contributed by atoms with E-state index in [9.17, 15) is 0 Å². The highest BCUT2D eigenvalue weighted by molar-refractivity contribution is 7.25. The molecule has 12 rings (SSSR count). The molecule has 0 spiro atoms. The van der Waals surface area contributed by atoms with Crippen LogP contribution in [-0.2, 0) is 0 Å². The first kappa shape index (κ1) is 31.9. The number of nitrogens with zero attached hydrogens (tertiary/aromatic N) is 5. The second kappa shape index (κ2) is 12.6.